The van der Waals surface area contributed by atoms with E-state index in [0.29, 0.717) is 11.3 Å². The van der Waals surface area contributed by atoms with Gasteiger partial charge in [-0.25, -0.2) is 13.4 Å². The summed E-state index contributed by atoms with van der Waals surface area (Å²) in [5.74, 6) is -1.39. The second-order valence-electron chi connectivity index (χ2n) is 7.33. The number of aromatic nitrogens is 1. The summed E-state index contributed by atoms with van der Waals surface area (Å²) in [6, 6.07) is 11.6. The van der Waals surface area contributed by atoms with Crippen LogP contribution in [0.3, 0.4) is 0 Å². The highest BCUT2D eigenvalue weighted by Crippen LogP contribution is 2.29. The van der Waals surface area contributed by atoms with Gasteiger partial charge in [-0.1, -0.05) is 35.9 Å². The molecule has 3 aromatic rings. The lowest BCUT2D eigenvalue weighted by Gasteiger charge is -2.08. The number of benzene rings is 2. The molecule has 0 unspecified atom stereocenters. The maximum absolute atomic E-state index is 12.8. The fourth-order valence-corrected chi connectivity index (χ4v) is 4.40. The van der Waals surface area contributed by atoms with E-state index in [1.54, 1.807) is 19.1 Å². The lowest BCUT2D eigenvalue weighted by Crippen LogP contribution is -2.20. The molecule has 0 spiro atoms. The Bertz CT molecular complexity index is 1200. The number of sulfone groups is 1. The maximum Gasteiger partial charge on any atom is 0.416 e. The number of hydrogen-bond acceptors (Lipinski definition) is 5. The van der Waals surface area contributed by atoms with Crippen LogP contribution in [0.2, 0.25) is 0 Å². The maximum atomic E-state index is 12.8. The van der Waals surface area contributed by atoms with E-state index < -0.39 is 45.3 Å². The second-order valence-corrected chi connectivity index (χ2v) is 9.40. The van der Waals surface area contributed by atoms with E-state index in [0.717, 1.165) is 17.7 Å². The summed E-state index contributed by atoms with van der Waals surface area (Å²) in [5.41, 5.74) is 1.16. The van der Waals surface area contributed by atoms with Crippen LogP contribution in [-0.4, -0.2) is 24.9 Å². The zero-order valence-corrected chi connectivity index (χ0v) is 17.7. The van der Waals surface area contributed by atoms with Gasteiger partial charge in [0, 0.05) is 12.0 Å². The Morgan fingerprint density at radius 3 is 2.39 bits per heavy atom. The normalized spacial score (nSPS) is 12.2. The standard InChI is InChI=1S/C22H20F3NO4S/c1-14-6-8-17(9-7-14)21-26-20(15(2)30-21)13-31(28,29)12-19(27)11-16-4-3-5-18(10-16)22(23,24)25/h3-10H,11-13H2,1-2H3. The molecule has 0 radical (unpaired) electrons. The molecule has 9 heteroatoms. The average molecular weight is 451 g/mol. The van der Waals surface area contributed by atoms with Crippen molar-refractivity contribution in [2.75, 3.05) is 5.75 Å². The number of aryl methyl sites for hydroxylation is 2. The molecule has 2 aromatic carbocycles. The first-order valence-corrected chi connectivity index (χ1v) is 11.2. The molecule has 5 nitrogen and oxygen atoms in total. The fraction of sp³-hybridized carbons (Fsp3) is 0.273. The summed E-state index contributed by atoms with van der Waals surface area (Å²) in [6.45, 7) is 3.51. The van der Waals surface area contributed by atoms with Crippen LogP contribution >= 0.6 is 0 Å². The molecule has 0 saturated carbocycles. The van der Waals surface area contributed by atoms with E-state index in [-0.39, 0.29) is 17.1 Å². The van der Waals surface area contributed by atoms with Gasteiger partial charge < -0.3 is 4.42 Å². The van der Waals surface area contributed by atoms with E-state index in [9.17, 15) is 26.4 Å². The summed E-state index contributed by atoms with van der Waals surface area (Å²) >= 11 is 0. The highest BCUT2D eigenvalue weighted by molar-refractivity contribution is 7.91. The number of carbonyl (C=O) groups excluding carboxylic acids is 1. The first-order chi connectivity index (χ1) is 14.4. The van der Waals surface area contributed by atoms with Crippen molar-refractivity contribution in [3.8, 4) is 11.5 Å². The zero-order chi connectivity index (χ0) is 22.8. The number of alkyl halides is 3. The quantitative estimate of drug-likeness (QED) is 0.520. The van der Waals surface area contributed by atoms with Gasteiger partial charge in [-0.2, -0.15) is 13.2 Å². The van der Waals surface area contributed by atoms with E-state index in [4.69, 9.17) is 4.42 Å². The van der Waals surface area contributed by atoms with Crippen molar-refractivity contribution in [1.29, 1.82) is 0 Å². The van der Waals surface area contributed by atoms with Crippen molar-refractivity contribution in [3.05, 3.63) is 76.7 Å². The molecule has 1 aromatic heterocycles. The third-order valence-corrected chi connectivity index (χ3v) is 6.06. The molecule has 0 bridgehead atoms. The van der Waals surface area contributed by atoms with Crippen LogP contribution in [0.15, 0.2) is 52.9 Å². The SMILES string of the molecule is Cc1ccc(-c2nc(CS(=O)(=O)CC(=O)Cc3cccc(C(F)(F)F)c3)c(C)o2)cc1. The predicted octanol–water partition coefficient (Wildman–Crippen LogP) is 4.70. The van der Waals surface area contributed by atoms with E-state index in [1.807, 2.05) is 19.1 Å². The van der Waals surface area contributed by atoms with Crippen LogP contribution in [-0.2, 0) is 33.0 Å². The molecule has 164 valence electrons. The molecule has 1 heterocycles. The van der Waals surface area contributed by atoms with Crippen molar-refractivity contribution in [2.45, 2.75) is 32.2 Å². The first kappa shape index (κ1) is 22.7. The Morgan fingerprint density at radius 1 is 1.06 bits per heavy atom. The number of rotatable bonds is 7. The molecule has 0 aliphatic heterocycles. The third-order valence-electron chi connectivity index (χ3n) is 4.58. The van der Waals surface area contributed by atoms with E-state index in [2.05, 4.69) is 4.98 Å². The molecule has 0 fully saturated rings. The van der Waals surface area contributed by atoms with Crippen molar-refractivity contribution < 1.29 is 30.8 Å². The molecule has 0 aliphatic rings. The first-order valence-electron chi connectivity index (χ1n) is 9.34. The van der Waals surface area contributed by atoms with Crippen LogP contribution in [0.1, 0.15) is 28.1 Å². The number of carbonyl (C=O) groups is 1. The molecule has 0 N–H and O–H groups in total. The van der Waals surface area contributed by atoms with Crippen LogP contribution in [0, 0.1) is 13.8 Å². The van der Waals surface area contributed by atoms with Crippen molar-refractivity contribution in [1.82, 2.24) is 4.98 Å². The molecule has 0 aliphatic carbocycles. The summed E-state index contributed by atoms with van der Waals surface area (Å²) in [7, 11) is -3.88. The molecule has 0 atom stereocenters. The number of ketones is 1. The minimum absolute atomic E-state index is 0.106. The monoisotopic (exact) mass is 451 g/mol. The van der Waals surface area contributed by atoms with Crippen molar-refractivity contribution in [2.24, 2.45) is 0 Å². The van der Waals surface area contributed by atoms with Crippen LogP contribution in [0.4, 0.5) is 13.2 Å². The van der Waals surface area contributed by atoms with Gasteiger partial charge in [0.15, 0.2) is 15.6 Å². The van der Waals surface area contributed by atoms with Crippen molar-refractivity contribution >= 4 is 15.6 Å². The molecular weight excluding hydrogens is 431 g/mol. The number of oxazole rings is 1. The highest BCUT2D eigenvalue weighted by Gasteiger charge is 2.30. The molecule has 0 amide bonds. The van der Waals surface area contributed by atoms with Crippen LogP contribution < -0.4 is 0 Å². The topological polar surface area (TPSA) is 77.2 Å². The molecule has 0 saturated heterocycles. The minimum Gasteiger partial charge on any atom is -0.441 e. The lowest BCUT2D eigenvalue weighted by molar-refractivity contribution is -0.137. The Labute approximate surface area is 177 Å². The van der Waals surface area contributed by atoms with Crippen LogP contribution in [0.5, 0.6) is 0 Å². The second kappa shape index (κ2) is 8.66. The summed E-state index contributed by atoms with van der Waals surface area (Å²) < 4.78 is 69.0. The van der Waals surface area contributed by atoms with E-state index in [1.165, 1.54) is 12.1 Å². The van der Waals surface area contributed by atoms with Gasteiger partial charge in [0.05, 0.1) is 17.0 Å². The number of Topliss-reactive ketones (excluding diaryl/α,β-unsaturated/α-hetero) is 1. The van der Waals surface area contributed by atoms with Gasteiger partial charge in [-0.15, -0.1) is 0 Å². The molecular formula is C22H20F3NO4S. The Balaban J connectivity index is 1.69. The Hall–Kier alpha value is -2.94. The Kier molecular flexibility index (Phi) is 6.35. The highest BCUT2D eigenvalue weighted by atomic mass is 32.2. The number of hydrogen-bond donors (Lipinski definition) is 0. The van der Waals surface area contributed by atoms with Crippen molar-refractivity contribution in [3.63, 3.8) is 0 Å². The smallest absolute Gasteiger partial charge is 0.416 e. The summed E-state index contributed by atoms with van der Waals surface area (Å²) in [4.78, 5) is 16.5. The largest absolute Gasteiger partial charge is 0.441 e. The number of nitrogens with zero attached hydrogens (tertiary/aromatic N) is 1. The van der Waals surface area contributed by atoms with Gasteiger partial charge in [0.1, 0.15) is 11.5 Å². The zero-order valence-electron chi connectivity index (χ0n) is 16.9. The summed E-state index contributed by atoms with van der Waals surface area (Å²) in [6.07, 6.45) is -4.94. The minimum atomic E-state index is -4.54. The van der Waals surface area contributed by atoms with Gasteiger partial charge in [-0.3, -0.25) is 4.79 Å². The fourth-order valence-electron chi connectivity index (χ4n) is 3.02. The van der Waals surface area contributed by atoms with Gasteiger partial charge in [0.2, 0.25) is 5.89 Å². The average Bonchev–Trinajstić information content (AvgIpc) is 3.01. The van der Waals surface area contributed by atoms with Gasteiger partial charge >= 0.3 is 6.18 Å². The van der Waals surface area contributed by atoms with E-state index >= 15 is 0 Å². The third kappa shape index (κ3) is 6.04. The summed E-state index contributed by atoms with van der Waals surface area (Å²) in [5, 5.41) is 0. The van der Waals surface area contributed by atoms with Gasteiger partial charge in [-0.05, 0) is 37.6 Å². The Morgan fingerprint density at radius 2 is 1.74 bits per heavy atom. The molecule has 31 heavy (non-hydrogen) atoms. The van der Waals surface area contributed by atoms with Crippen LogP contribution in [0.25, 0.3) is 11.5 Å². The predicted molar refractivity (Wildman–Crippen MR) is 109 cm³/mol. The molecule has 3 rings (SSSR count). The number of halogens is 3. The lowest BCUT2D eigenvalue weighted by atomic mass is 10.1. The van der Waals surface area contributed by atoms with Gasteiger partial charge in [0.25, 0.3) is 0 Å².